The van der Waals surface area contributed by atoms with E-state index in [2.05, 4.69) is 39.2 Å². The van der Waals surface area contributed by atoms with Gasteiger partial charge in [0.2, 0.25) is 0 Å². The van der Waals surface area contributed by atoms with Crippen LogP contribution in [-0.4, -0.2) is 14.1 Å². The Kier molecular flexibility index (Phi) is 6.86. The monoisotopic (exact) mass is 940 g/mol. The summed E-state index contributed by atoms with van der Waals surface area (Å²) in [5.41, 5.74) is 3.81. The fourth-order valence-electron chi connectivity index (χ4n) is 7.19. The number of benzene rings is 7. The minimum atomic E-state index is -0.578. The molecule has 0 fully saturated rings. The van der Waals surface area contributed by atoms with Gasteiger partial charge in [-0.1, -0.05) is 147 Å². The van der Waals surface area contributed by atoms with Crippen molar-refractivity contribution in [2.45, 2.75) is 26.2 Å². The minimum Gasteiger partial charge on any atom is -0.510 e. The first kappa shape index (κ1) is 26.4. The zero-order valence-electron chi connectivity index (χ0n) is 42.4. The maximum atomic E-state index is 9.26. The zero-order valence-corrected chi connectivity index (χ0v) is 33.7. The first-order valence-electron chi connectivity index (χ1n) is 23.8. The number of imidazole rings is 1. The van der Waals surface area contributed by atoms with E-state index in [0.29, 0.717) is 45.6 Å². The molecule has 0 unspecified atom stereocenters. The van der Waals surface area contributed by atoms with Gasteiger partial charge in [-0.25, -0.2) is 4.98 Å². The fourth-order valence-corrected chi connectivity index (χ4v) is 7.19. The maximum absolute atomic E-state index is 9.26. The van der Waals surface area contributed by atoms with Crippen molar-refractivity contribution in [1.82, 2.24) is 14.1 Å². The van der Waals surface area contributed by atoms with Gasteiger partial charge in [0, 0.05) is 44.3 Å². The van der Waals surface area contributed by atoms with Gasteiger partial charge in [-0.15, -0.1) is 29.7 Å². The van der Waals surface area contributed by atoms with Crippen molar-refractivity contribution < 1.29 is 45.4 Å². The summed E-state index contributed by atoms with van der Waals surface area (Å²) in [4.78, 5) is 4.70. The zero-order chi connectivity index (χ0) is 48.1. The van der Waals surface area contributed by atoms with Crippen LogP contribution in [0.25, 0.3) is 72.3 Å². The molecule has 0 N–H and O–H groups in total. The number of ether oxygens (including phenoxy) is 1. The molecule has 6 heteroatoms. The molecule has 0 saturated carbocycles. The van der Waals surface area contributed by atoms with Gasteiger partial charge in [0.1, 0.15) is 5.82 Å². The number of para-hydroxylation sites is 4. The molecule has 0 aliphatic rings. The number of hydrogen-bond acceptors (Lipinski definition) is 2. The largest absolute Gasteiger partial charge is 0.510 e. The third-order valence-corrected chi connectivity index (χ3v) is 9.84. The van der Waals surface area contributed by atoms with Crippen LogP contribution in [0.2, 0.25) is 0 Å². The topological polar surface area (TPSA) is 35.9 Å². The molecule has 0 amide bonds. The summed E-state index contributed by atoms with van der Waals surface area (Å²) in [5.74, 6) is 1.17. The first-order valence-corrected chi connectivity index (χ1v) is 18.3. The van der Waals surface area contributed by atoms with Gasteiger partial charge in [0.05, 0.1) is 31.8 Å². The van der Waals surface area contributed by atoms with E-state index < -0.39 is 60.4 Å². The van der Waals surface area contributed by atoms with E-state index in [9.17, 15) is 1.37 Å². The van der Waals surface area contributed by atoms with Crippen LogP contribution in [0, 0.1) is 18.5 Å². The van der Waals surface area contributed by atoms with Crippen molar-refractivity contribution in [2.24, 2.45) is 0 Å². The Labute approximate surface area is 368 Å². The summed E-state index contributed by atoms with van der Waals surface area (Å²) >= 11 is 0. The second-order valence-corrected chi connectivity index (χ2v) is 14.5. The molecule has 0 bridgehead atoms. The molecule has 5 nitrogen and oxygen atoms in total. The number of hydrogen-bond donors (Lipinski definition) is 0. The number of rotatable bonds is 7. The van der Waals surface area contributed by atoms with Gasteiger partial charge < -0.3 is 13.9 Å². The number of pyridine rings is 1. The third kappa shape index (κ3) is 6.62. The van der Waals surface area contributed by atoms with E-state index in [-0.39, 0.29) is 54.4 Å². The summed E-state index contributed by atoms with van der Waals surface area (Å²) < 4.78 is 108. The molecule has 10 rings (SSSR count). The smallest absolute Gasteiger partial charge is 0.268 e. The number of nitrogens with zero attached hydrogens (tertiary/aromatic N) is 4. The third-order valence-electron chi connectivity index (χ3n) is 9.84. The van der Waals surface area contributed by atoms with Gasteiger partial charge in [-0.3, -0.25) is 4.57 Å². The van der Waals surface area contributed by atoms with Crippen molar-refractivity contribution in [2.75, 3.05) is 0 Å². The van der Waals surface area contributed by atoms with Crippen LogP contribution in [0.4, 0.5) is 0 Å². The van der Waals surface area contributed by atoms with E-state index in [1.165, 1.54) is 0 Å². The molecule has 0 saturated heterocycles. The van der Waals surface area contributed by atoms with Crippen molar-refractivity contribution >= 4 is 32.8 Å². The first-order chi connectivity index (χ1) is 32.5. The summed E-state index contributed by atoms with van der Waals surface area (Å²) in [5, 5.41) is 1.87. The van der Waals surface area contributed by atoms with E-state index in [1.807, 2.05) is 59.2 Å². The van der Waals surface area contributed by atoms with Gasteiger partial charge in [-0.2, -0.15) is 18.2 Å². The Morgan fingerprint density at radius 3 is 2.03 bits per heavy atom. The molecule has 3 aromatic heterocycles. The van der Waals surface area contributed by atoms with E-state index in [0.717, 1.165) is 21.9 Å². The van der Waals surface area contributed by atoms with Crippen LogP contribution in [-0.2, 0) is 26.5 Å². The van der Waals surface area contributed by atoms with Gasteiger partial charge >= 0.3 is 0 Å². The molecule has 0 aliphatic heterocycles. The molecule has 7 aromatic carbocycles. The predicted octanol–water partition coefficient (Wildman–Crippen LogP) is 12.2. The van der Waals surface area contributed by atoms with Crippen LogP contribution in [0.5, 0.6) is 11.5 Å². The average molecular weight is 941 g/mol. The van der Waals surface area contributed by atoms with Crippen LogP contribution < -0.4 is 9.30 Å². The van der Waals surface area contributed by atoms with Crippen molar-refractivity contribution in [3.8, 4) is 50.9 Å². The summed E-state index contributed by atoms with van der Waals surface area (Å²) in [6, 6.07) is 32.7. The van der Waals surface area contributed by atoms with Crippen molar-refractivity contribution in [1.29, 1.82) is 0 Å². The van der Waals surface area contributed by atoms with E-state index in [1.54, 1.807) is 63.9 Å². The Hall–Kier alpha value is -6.55. The molecule has 0 atom stereocenters. The van der Waals surface area contributed by atoms with Gasteiger partial charge in [0.25, 0.3) is 6.33 Å². The quantitative estimate of drug-likeness (QED) is 0.118. The van der Waals surface area contributed by atoms with Crippen LogP contribution in [0.1, 0.15) is 41.4 Å². The van der Waals surface area contributed by atoms with E-state index in [4.69, 9.17) is 23.4 Å². The number of aromatic nitrogens is 4. The molecule has 0 spiro atoms. The van der Waals surface area contributed by atoms with Crippen LogP contribution in [0.3, 0.4) is 0 Å². The average Bonchev–Trinajstić information content (AvgIpc) is 3.87. The maximum Gasteiger partial charge on any atom is 0.268 e. The SMILES string of the molecule is [2H]c1c(C(C)(C)C)ccnc1-n1c2[c-]c(Oc3[c-]c(-n4[c-][n+](-c5c(-c6c([2H])c([2H])c([2H])c([2H])c6[2H])cccc5-c5c([2H])c([2H])c([2H])c([2H])c5[2H])c5ccccc54)ccc3)ccc2c2ccccc21.[Pt]. The summed E-state index contributed by atoms with van der Waals surface area (Å²) in [6.07, 6.45) is 5.11. The standard InChI is InChI=1S/C52H38N4O.Pt/c1-52(2,3)38-30-31-53-50(32-38)56-46-25-11-10-22-44(46)45-29-28-41(34-49(45)56)57-40-21-14-20-39(33-40)54-35-55(48-27-13-12-26-47(48)54)51-42(36-16-6-4-7-17-36)23-15-24-43(51)37-18-8-5-9-19-37;/h4-32H,1-3H3;/q-2;/i4D,5D,6D,7D,8D,9D,16D,17D,18D,19D,32D;. The van der Waals surface area contributed by atoms with Crippen LogP contribution in [0.15, 0.2) is 176 Å². The second-order valence-electron chi connectivity index (χ2n) is 14.5. The van der Waals surface area contributed by atoms with Crippen molar-refractivity contribution in [3.63, 3.8) is 0 Å². The molecule has 284 valence electrons. The molecule has 58 heavy (non-hydrogen) atoms. The minimum absolute atomic E-state index is 0. The fraction of sp³-hybridized carbons (Fsp3) is 0.0769. The van der Waals surface area contributed by atoms with E-state index >= 15 is 0 Å². The second kappa shape index (κ2) is 15.1. The van der Waals surface area contributed by atoms with Crippen LogP contribution >= 0.6 is 0 Å². The molecular weight excluding hydrogens is 892 g/mol. The van der Waals surface area contributed by atoms with Gasteiger partial charge in [-0.05, 0) is 62.5 Å². The number of fused-ring (bicyclic) bond motifs is 4. The summed E-state index contributed by atoms with van der Waals surface area (Å²) in [7, 11) is 0. The predicted molar refractivity (Wildman–Crippen MR) is 230 cm³/mol. The molecule has 10 aromatic rings. The molecule has 0 radical (unpaired) electrons. The van der Waals surface area contributed by atoms with Crippen molar-refractivity contribution in [3.05, 3.63) is 200 Å². The molecule has 3 heterocycles. The normalized spacial score (nSPS) is 14.2. The Bertz CT molecular complexity index is 3610. The Balaban J connectivity index is 0.00000593. The Morgan fingerprint density at radius 2 is 1.31 bits per heavy atom. The van der Waals surface area contributed by atoms with Gasteiger partial charge in [0.15, 0.2) is 0 Å². The molecular formula is C52H38N4OPt-2. The molecule has 0 aliphatic carbocycles. The summed E-state index contributed by atoms with van der Waals surface area (Å²) in [6.45, 7) is 6.20. The Morgan fingerprint density at radius 1 is 0.655 bits per heavy atom.